The first kappa shape index (κ1) is 9.71. The lowest BCUT2D eigenvalue weighted by molar-refractivity contribution is -0.129. The first-order valence-corrected chi connectivity index (χ1v) is 5.35. The molecule has 0 aliphatic carbocycles. The van der Waals surface area contributed by atoms with Crippen molar-refractivity contribution in [3.8, 4) is 0 Å². The SMILES string of the molecule is C=C(C)CC1CN2CCCC2C(=O)N1. The highest BCUT2D eigenvalue weighted by atomic mass is 16.2. The molecule has 2 heterocycles. The molecule has 0 bridgehead atoms. The lowest BCUT2D eigenvalue weighted by atomic mass is 10.0. The molecule has 2 aliphatic rings. The van der Waals surface area contributed by atoms with E-state index in [4.69, 9.17) is 0 Å². The summed E-state index contributed by atoms with van der Waals surface area (Å²) in [6.45, 7) is 8.00. The van der Waals surface area contributed by atoms with Crippen molar-refractivity contribution >= 4 is 5.91 Å². The standard InChI is InChI=1S/C11H18N2O/c1-8(2)6-9-7-13-5-3-4-10(13)11(14)12-9/h9-10H,1,3-7H2,2H3,(H,12,14). The molecular weight excluding hydrogens is 176 g/mol. The van der Waals surface area contributed by atoms with Crippen LogP contribution in [0.5, 0.6) is 0 Å². The van der Waals surface area contributed by atoms with Crippen LogP contribution in [-0.4, -0.2) is 36.0 Å². The average Bonchev–Trinajstić information content (AvgIpc) is 2.50. The largest absolute Gasteiger partial charge is 0.350 e. The van der Waals surface area contributed by atoms with E-state index in [2.05, 4.69) is 16.8 Å². The zero-order valence-corrected chi connectivity index (χ0v) is 8.75. The van der Waals surface area contributed by atoms with Gasteiger partial charge in [0.15, 0.2) is 0 Å². The normalized spacial score (nSPS) is 32.5. The summed E-state index contributed by atoms with van der Waals surface area (Å²) < 4.78 is 0. The number of carbonyl (C=O) groups is 1. The van der Waals surface area contributed by atoms with Gasteiger partial charge in [-0.1, -0.05) is 5.57 Å². The van der Waals surface area contributed by atoms with Crippen LogP contribution in [0.25, 0.3) is 0 Å². The molecule has 0 aromatic heterocycles. The number of carbonyl (C=O) groups excluding carboxylic acids is 1. The number of rotatable bonds is 2. The number of fused-ring (bicyclic) bond motifs is 1. The van der Waals surface area contributed by atoms with Crippen LogP contribution in [0.3, 0.4) is 0 Å². The van der Waals surface area contributed by atoms with Gasteiger partial charge >= 0.3 is 0 Å². The predicted octanol–water partition coefficient (Wildman–Crippen LogP) is 0.915. The van der Waals surface area contributed by atoms with E-state index in [1.54, 1.807) is 0 Å². The highest BCUT2D eigenvalue weighted by Crippen LogP contribution is 2.22. The van der Waals surface area contributed by atoms with Gasteiger partial charge in [-0.05, 0) is 32.7 Å². The maximum absolute atomic E-state index is 11.7. The minimum absolute atomic E-state index is 0.163. The summed E-state index contributed by atoms with van der Waals surface area (Å²) in [6.07, 6.45) is 3.11. The van der Waals surface area contributed by atoms with Crippen LogP contribution in [0, 0.1) is 0 Å². The molecule has 1 amide bonds. The third-order valence-corrected chi connectivity index (χ3v) is 3.06. The van der Waals surface area contributed by atoms with Crippen LogP contribution >= 0.6 is 0 Å². The summed E-state index contributed by atoms with van der Waals surface area (Å²) in [4.78, 5) is 14.0. The van der Waals surface area contributed by atoms with E-state index >= 15 is 0 Å². The van der Waals surface area contributed by atoms with Crippen molar-refractivity contribution < 1.29 is 4.79 Å². The molecule has 2 aliphatic heterocycles. The van der Waals surface area contributed by atoms with Crippen LogP contribution in [0.4, 0.5) is 0 Å². The molecule has 0 spiro atoms. The highest BCUT2D eigenvalue weighted by Gasteiger charge is 2.36. The van der Waals surface area contributed by atoms with Crippen LogP contribution in [0.1, 0.15) is 26.2 Å². The number of nitrogens with one attached hydrogen (secondary N) is 1. The molecule has 14 heavy (non-hydrogen) atoms. The van der Waals surface area contributed by atoms with E-state index in [1.807, 2.05) is 6.92 Å². The van der Waals surface area contributed by atoms with Gasteiger partial charge in [0.25, 0.3) is 0 Å². The number of nitrogens with zero attached hydrogens (tertiary/aromatic N) is 1. The fourth-order valence-electron chi connectivity index (χ4n) is 2.50. The van der Waals surface area contributed by atoms with Crippen LogP contribution in [0.2, 0.25) is 0 Å². The Labute approximate surface area is 85.2 Å². The summed E-state index contributed by atoms with van der Waals surface area (Å²) in [5, 5.41) is 3.08. The van der Waals surface area contributed by atoms with Gasteiger partial charge in [0, 0.05) is 12.6 Å². The number of amides is 1. The zero-order valence-electron chi connectivity index (χ0n) is 8.75. The van der Waals surface area contributed by atoms with Gasteiger partial charge in [-0.25, -0.2) is 0 Å². The maximum Gasteiger partial charge on any atom is 0.237 e. The van der Waals surface area contributed by atoms with Crippen molar-refractivity contribution in [2.75, 3.05) is 13.1 Å². The van der Waals surface area contributed by atoms with Gasteiger partial charge < -0.3 is 5.32 Å². The van der Waals surface area contributed by atoms with E-state index < -0.39 is 0 Å². The number of hydrogen-bond donors (Lipinski definition) is 1. The Balaban J connectivity index is 1.98. The molecule has 2 unspecified atom stereocenters. The van der Waals surface area contributed by atoms with Gasteiger partial charge in [-0.15, -0.1) is 6.58 Å². The Hall–Kier alpha value is -0.830. The monoisotopic (exact) mass is 194 g/mol. The predicted molar refractivity (Wildman–Crippen MR) is 56.0 cm³/mol. The quantitative estimate of drug-likeness (QED) is 0.663. The van der Waals surface area contributed by atoms with Crippen LogP contribution in [-0.2, 0) is 4.79 Å². The molecule has 1 N–H and O–H groups in total. The fraction of sp³-hybridized carbons (Fsp3) is 0.727. The van der Waals surface area contributed by atoms with Crippen molar-refractivity contribution in [1.29, 1.82) is 0 Å². The maximum atomic E-state index is 11.7. The van der Waals surface area contributed by atoms with Crippen molar-refractivity contribution in [3.63, 3.8) is 0 Å². The molecular formula is C11H18N2O. The van der Waals surface area contributed by atoms with Gasteiger partial charge in [0.1, 0.15) is 0 Å². The van der Waals surface area contributed by atoms with Crippen LogP contribution in [0.15, 0.2) is 12.2 Å². The Morgan fingerprint density at radius 1 is 1.71 bits per heavy atom. The average molecular weight is 194 g/mol. The van der Waals surface area contributed by atoms with Gasteiger partial charge in [0.05, 0.1) is 6.04 Å². The number of hydrogen-bond acceptors (Lipinski definition) is 2. The Morgan fingerprint density at radius 3 is 3.21 bits per heavy atom. The molecule has 0 aromatic rings. The molecule has 0 saturated carbocycles. The summed E-state index contributed by atoms with van der Waals surface area (Å²) in [7, 11) is 0. The zero-order chi connectivity index (χ0) is 10.1. The van der Waals surface area contributed by atoms with E-state index in [1.165, 1.54) is 0 Å². The summed E-state index contributed by atoms with van der Waals surface area (Å²) in [5.41, 5.74) is 1.15. The van der Waals surface area contributed by atoms with Crippen molar-refractivity contribution in [1.82, 2.24) is 10.2 Å². The summed E-state index contributed by atoms with van der Waals surface area (Å²) >= 11 is 0. The van der Waals surface area contributed by atoms with Crippen molar-refractivity contribution in [2.24, 2.45) is 0 Å². The minimum atomic E-state index is 0.163. The molecule has 2 saturated heterocycles. The molecule has 2 atom stereocenters. The van der Waals surface area contributed by atoms with E-state index in [-0.39, 0.29) is 18.0 Å². The smallest absolute Gasteiger partial charge is 0.237 e. The van der Waals surface area contributed by atoms with E-state index in [9.17, 15) is 4.79 Å². The molecule has 3 nitrogen and oxygen atoms in total. The Morgan fingerprint density at radius 2 is 2.50 bits per heavy atom. The molecule has 2 fully saturated rings. The highest BCUT2D eigenvalue weighted by molar-refractivity contribution is 5.83. The summed E-state index contributed by atoms with van der Waals surface area (Å²) in [6, 6.07) is 0.450. The molecule has 3 heteroatoms. The first-order chi connectivity index (χ1) is 6.66. The Kier molecular flexibility index (Phi) is 2.59. The van der Waals surface area contributed by atoms with Gasteiger partial charge in [0.2, 0.25) is 5.91 Å². The third-order valence-electron chi connectivity index (χ3n) is 3.06. The number of piperazine rings is 1. The second kappa shape index (κ2) is 3.73. The van der Waals surface area contributed by atoms with Gasteiger partial charge in [-0.3, -0.25) is 9.69 Å². The second-order valence-corrected chi connectivity index (χ2v) is 4.52. The lowest BCUT2D eigenvalue weighted by Gasteiger charge is -2.35. The first-order valence-electron chi connectivity index (χ1n) is 5.35. The van der Waals surface area contributed by atoms with Crippen LogP contribution < -0.4 is 5.32 Å². The second-order valence-electron chi connectivity index (χ2n) is 4.52. The fourth-order valence-corrected chi connectivity index (χ4v) is 2.50. The Bertz CT molecular complexity index is 262. The minimum Gasteiger partial charge on any atom is -0.350 e. The van der Waals surface area contributed by atoms with Crippen molar-refractivity contribution in [2.45, 2.75) is 38.3 Å². The molecule has 2 rings (SSSR count). The molecule has 0 aromatic carbocycles. The topological polar surface area (TPSA) is 32.3 Å². The third kappa shape index (κ3) is 1.82. The van der Waals surface area contributed by atoms with Gasteiger partial charge in [-0.2, -0.15) is 0 Å². The molecule has 78 valence electrons. The van der Waals surface area contributed by atoms with Crippen molar-refractivity contribution in [3.05, 3.63) is 12.2 Å². The molecule has 0 radical (unpaired) electrons. The van der Waals surface area contributed by atoms with E-state index in [0.717, 1.165) is 37.9 Å². The lowest BCUT2D eigenvalue weighted by Crippen LogP contribution is -2.57. The summed E-state index contributed by atoms with van der Waals surface area (Å²) in [5.74, 6) is 0.222. The van der Waals surface area contributed by atoms with E-state index in [0.29, 0.717) is 0 Å².